The van der Waals surface area contributed by atoms with E-state index in [1.807, 2.05) is 12.1 Å². The van der Waals surface area contributed by atoms with E-state index >= 15 is 0 Å². The lowest BCUT2D eigenvalue weighted by Crippen LogP contribution is -2.39. The minimum absolute atomic E-state index is 0.182. The summed E-state index contributed by atoms with van der Waals surface area (Å²) in [4.78, 5) is 4.83. The zero-order valence-corrected chi connectivity index (χ0v) is 16.1. The molecule has 5 heteroatoms. The second-order valence-corrected chi connectivity index (χ2v) is 7.43. The Hall–Kier alpha value is -1.75. The van der Waals surface area contributed by atoms with E-state index in [2.05, 4.69) is 17.6 Å². The van der Waals surface area contributed by atoms with Crippen molar-refractivity contribution < 1.29 is 10.2 Å². The fourth-order valence-electron chi connectivity index (χ4n) is 3.78. The van der Waals surface area contributed by atoms with E-state index in [4.69, 9.17) is 4.99 Å². The molecule has 1 aliphatic carbocycles. The van der Waals surface area contributed by atoms with Crippen molar-refractivity contribution in [1.82, 2.24) is 10.6 Å². The van der Waals surface area contributed by atoms with Crippen LogP contribution in [0.1, 0.15) is 57.4 Å². The van der Waals surface area contributed by atoms with Crippen LogP contribution in [0.25, 0.3) is 0 Å². The van der Waals surface area contributed by atoms with Crippen LogP contribution in [-0.4, -0.2) is 42.4 Å². The van der Waals surface area contributed by atoms with Crippen LogP contribution >= 0.6 is 0 Å². The Bertz CT molecular complexity index is 531. The van der Waals surface area contributed by atoms with Gasteiger partial charge in [-0.15, -0.1) is 0 Å². The van der Waals surface area contributed by atoms with Gasteiger partial charge in [-0.05, 0) is 62.1 Å². The second kappa shape index (κ2) is 11.1. The van der Waals surface area contributed by atoms with Crippen molar-refractivity contribution in [3.63, 3.8) is 0 Å². The quantitative estimate of drug-likeness (QED) is 0.309. The maximum absolute atomic E-state index is 9.46. The van der Waals surface area contributed by atoms with E-state index in [-0.39, 0.29) is 12.0 Å². The first-order valence-electron chi connectivity index (χ1n) is 10.1. The first-order chi connectivity index (χ1) is 12.7. The molecule has 0 heterocycles. The number of aliphatic hydroxyl groups is 1. The lowest BCUT2D eigenvalue weighted by molar-refractivity contribution is 0.137. The Balaban J connectivity index is 1.82. The molecule has 1 fully saturated rings. The van der Waals surface area contributed by atoms with Crippen LogP contribution in [0.15, 0.2) is 29.3 Å². The zero-order chi connectivity index (χ0) is 18.7. The number of aromatic hydroxyl groups is 1. The summed E-state index contributed by atoms with van der Waals surface area (Å²) in [7, 11) is 0. The third-order valence-electron chi connectivity index (χ3n) is 5.34. The number of hydrogen-bond acceptors (Lipinski definition) is 3. The maximum atomic E-state index is 9.46. The molecule has 146 valence electrons. The average Bonchev–Trinajstić information content (AvgIpc) is 2.65. The van der Waals surface area contributed by atoms with E-state index in [9.17, 15) is 10.2 Å². The minimum Gasteiger partial charge on any atom is -0.508 e. The molecule has 0 aromatic heterocycles. The highest BCUT2D eigenvalue weighted by Gasteiger charge is 2.31. The minimum atomic E-state index is 0.182. The van der Waals surface area contributed by atoms with E-state index in [1.165, 1.54) is 37.7 Å². The van der Waals surface area contributed by atoms with Crippen molar-refractivity contribution in [2.75, 3.05) is 26.2 Å². The van der Waals surface area contributed by atoms with Crippen molar-refractivity contribution in [3.8, 4) is 5.75 Å². The van der Waals surface area contributed by atoms with Gasteiger partial charge in [0.1, 0.15) is 5.75 Å². The van der Waals surface area contributed by atoms with Crippen LogP contribution < -0.4 is 10.6 Å². The van der Waals surface area contributed by atoms with E-state index < -0.39 is 0 Å². The van der Waals surface area contributed by atoms with Crippen LogP contribution in [-0.2, 0) is 6.42 Å². The first kappa shape index (κ1) is 20.6. The molecule has 1 aliphatic rings. The molecule has 0 bridgehead atoms. The van der Waals surface area contributed by atoms with Gasteiger partial charge in [0.15, 0.2) is 5.96 Å². The molecule has 4 N–H and O–H groups in total. The topological polar surface area (TPSA) is 76.9 Å². The van der Waals surface area contributed by atoms with Crippen LogP contribution in [0.5, 0.6) is 5.75 Å². The Labute approximate surface area is 157 Å². The fourth-order valence-corrected chi connectivity index (χ4v) is 3.78. The normalized spacial score (nSPS) is 17.1. The highest BCUT2D eigenvalue weighted by Crippen LogP contribution is 2.39. The lowest BCUT2D eigenvalue weighted by Gasteiger charge is -2.35. The number of phenols is 1. The van der Waals surface area contributed by atoms with E-state index in [0.29, 0.717) is 5.75 Å². The van der Waals surface area contributed by atoms with Gasteiger partial charge in [0.05, 0.1) is 0 Å². The molecule has 1 aromatic carbocycles. The Morgan fingerprint density at radius 2 is 1.85 bits per heavy atom. The SMILES string of the molecule is CCNC(=NCC1(CCO)CCCCC1)NCCCc1ccc(O)cc1. The molecular weight excluding hydrogens is 326 g/mol. The highest BCUT2D eigenvalue weighted by atomic mass is 16.3. The number of aryl methyl sites for hydroxylation is 1. The predicted molar refractivity (Wildman–Crippen MR) is 108 cm³/mol. The zero-order valence-electron chi connectivity index (χ0n) is 16.1. The Morgan fingerprint density at radius 3 is 2.50 bits per heavy atom. The molecule has 0 radical (unpaired) electrons. The van der Waals surface area contributed by atoms with E-state index in [0.717, 1.165) is 44.9 Å². The summed E-state index contributed by atoms with van der Waals surface area (Å²) in [6.45, 7) is 4.83. The van der Waals surface area contributed by atoms with Gasteiger partial charge in [-0.25, -0.2) is 0 Å². The Kier molecular flexibility index (Phi) is 8.75. The summed E-state index contributed by atoms with van der Waals surface area (Å²) in [5, 5.41) is 25.5. The summed E-state index contributed by atoms with van der Waals surface area (Å²) in [5.41, 5.74) is 1.41. The summed E-state index contributed by atoms with van der Waals surface area (Å²) in [6, 6.07) is 7.41. The number of hydrogen-bond donors (Lipinski definition) is 4. The van der Waals surface area contributed by atoms with Crippen molar-refractivity contribution in [2.45, 2.75) is 58.3 Å². The van der Waals surface area contributed by atoms with Gasteiger partial charge < -0.3 is 20.8 Å². The molecule has 5 nitrogen and oxygen atoms in total. The molecule has 1 saturated carbocycles. The van der Waals surface area contributed by atoms with Crippen molar-refractivity contribution >= 4 is 5.96 Å². The van der Waals surface area contributed by atoms with Gasteiger partial charge >= 0.3 is 0 Å². The number of benzene rings is 1. The lowest BCUT2D eigenvalue weighted by atomic mass is 9.72. The second-order valence-electron chi connectivity index (χ2n) is 7.43. The average molecular weight is 362 g/mol. The molecule has 26 heavy (non-hydrogen) atoms. The van der Waals surface area contributed by atoms with E-state index in [1.54, 1.807) is 12.1 Å². The van der Waals surface area contributed by atoms with Gasteiger partial charge in [-0.1, -0.05) is 31.4 Å². The van der Waals surface area contributed by atoms with Crippen LogP contribution in [0.4, 0.5) is 0 Å². The molecule has 0 spiro atoms. The third-order valence-corrected chi connectivity index (χ3v) is 5.34. The first-order valence-corrected chi connectivity index (χ1v) is 10.1. The Morgan fingerprint density at radius 1 is 1.12 bits per heavy atom. The van der Waals surface area contributed by atoms with Crippen LogP contribution in [0, 0.1) is 5.41 Å². The number of guanidine groups is 1. The molecule has 0 unspecified atom stereocenters. The van der Waals surface area contributed by atoms with Gasteiger partial charge in [-0.3, -0.25) is 4.99 Å². The smallest absolute Gasteiger partial charge is 0.191 e. The molecular formula is C21H35N3O2. The highest BCUT2D eigenvalue weighted by molar-refractivity contribution is 5.79. The molecule has 0 atom stereocenters. The summed E-state index contributed by atoms with van der Waals surface area (Å²) in [6.07, 6.45) is 9.02. The summed E-state index contributed by atoms with van der Waals surface area (Å²) < 4.78 is 0. The molecule has 1 aromatic rings. The van der Waals surface area contributed by atoms with Crippen molar-refractivity contribution in [1.29, 1.82) is 0 Å². The monoisotopic (exact) mass is 361 g/mol. The largest absolute Gasteiger partial charge is 0.508 e. The van der Waals surface area contributed by atoms with Gasteiger partial charge in [0.25, 0.3) is 0 Å². The van der Waals surface area contributed by atoms with Crippen LogP contribution in [0.2, 0.25) is 0 Å². The van der Waals surface area contributed by atoms with Gasteiger partial charge in [0.2, 0.25) is 0 Å². The third kappa shape index (κ3) is 6.87. The maximum Gasteiger partial charge on any atom is 0.191 e. The molecule has 0 amide bonds. The summed E-state index contributed by atoms with van der Waals surface area (Å²) in [5.74, 6) is 1.19. The van der Waals surface area contributed by atoms with Crippen molar-refractivity contribution in [2.24, 2.45) is 10.4 Å². The van der Waals surface area contributed by atoms with Gasteiger partial charge in [-0.2, -0.15) is 0 Å². The van der Waals surface area contributed by atoms with Crippen LogP contribution in [0.3, 0.4) is 0 Å². The standard InChI is InChI=1S/C21H35N3O2/c1-2-22-20(23-15-6-7-18-8-10-19(26)11-9-18)24-17-21(14-16-25)12-4-3-5-13-21/h8-11,25-26H,2-7,12-17H2,1H3,(H2,22,23,24). The number of rotatable bonds is 9. The molecule has 0 saturated heterocycles. The molecule has 2 rings (SSSR count). The van der Waals surface area contributed by atoms with Gasteiger partial charge in [0, 0.05) is 26.2 Å². The number of aliphatic hydroxyl groups excluding tert-OH is 1. The summed E-state index contributed by atoms with van der Waals surface area (Å²) >= 11 is 0. The van der Waals surface area contributed by atoms with Crippen molar-refractivity contribution in [3.05, 3.63) is 29.8 Å². The fraction of sp³-hybridized carbons (Fsp3) is 0.667. The number of nitrogens with one attached hydrogen (secondary N) is 2. The number of nitrogens with zero attached hydrogens (tertiary/aromatic N) is 1. The predicted octanol–water partition coefficient (Wildman–Crippen LogP) is 3.21. The number of aliphatic imine (C=N–C) groups is 1. The number of phenolic OH excluding ortho intramolecular Hbond substituents is 1. The molecule has 0 aliphatic heterocycles.